The van der Waals surface area contributed by atoms with E-state index in [4.69, 9.17) is 20.9 Å². The molecule has 0 aliphatic heterocycles. The number of aromatic nitrogens is 2. The van der Waals surface area contributed by atoms with Gasteiger partial charge >= 0.3 is 0 Å². The highest BCUT2D eigenvalue weighted by molar-refractivity contribution is 6.31. The first-order chi connectivity index (χ1) is 8.60. The van der Waals surface area contributed by atoms with Crippen LogP contribution in [0, 0.1) is 13.8 Å². The molecule has 6 heteroatoms. The summed E-state index contributed by atoms with van der Waals surface area (Å²) in [6.45, 7) is 4.15. The second-order valence-electron chi connectivity index (χ2n) is 3.89. The quantitative estimate of drug-likeness (QED) is 0.923. The molecule has 18 heavy (non-hydrogen) atoms. The molecule has 0 atom stereocenters. The number of anilines is 1. The maximum atomic E-state index is 6.04. The molecular formula is C12H14ClN3O2. The van der Waals surface area contributed by atoms with Crippen LogP contribution in [0.4, 0.5) is 5.69 Å². The Kier molecular flexibility index (Phi) is 3.72. The van der Waals surface area contributed by atoms with Crippen LogP contribution in [0.15, 0.2) is 16.7 Å². The molecule has 0 saturated carbocycles. The minimum Gasteiger partial charge on any atom is -0.495 e. The van der Waals surface area contributed by atoms with Crippen LogP contribution in [0.1, 0.15) is 17.3 Å². The maximum absolute atomic E-state index is 6.04. The lowest BCUT2D eigenvalue weighted by Gasteiger charge is -2.11. The summed E-state index contributed by atoms with van der Waals surface area (Å²) in [5.74, 6) is 1.83. The van der Waals surface area contributed by atoms with Gasteiger partial charge in [-0.25, -0.2) is 0 Å². The first-order valence-electron chi connectivity index (χ1n) is 5.47. The fourth-order valence-corrected chi connectivity index (χ4v) is 1.71. The van der Waals surface area contributed by atoms with Crippen molar-refractivity contribution in [3.63, 3.8) is 0 Å². The van der Waals surface area contributed by atoms with E-state index in [0.29, 0.717) is 29.0 Å². The van der Waals surface area contributed by atoms with Gasteiger partial charge in [-0.3, -0.25) is 0 Å². The highest BCUT2D eigenvalue weighted by Crippen LogP contribution is 2.31. The second kappa shape index (κ2) is 5.27. The summed E-state index contributed by atoms with van der Waals surface area (Å²) in [5, 5.41) is 7.58. The maximum Gasteiger partial charge on any atom is 0.245 e. The Bertz CT molecular complexity index is 554. The lowest BCUT2D eigenvalue weighted by Crippen LogP contribution is -2.02. The van der Waals surface area contributed by atoms with Crippen LogP contribution in [-0.4, -0.2) is 17.3 Å². The minimum atomic E-state index is 0.443. The summed E-state index contributed by atoms with van der Waals surface area (Å²) in [6, 6.07) is 3.70. The smallest absolute Gasteiger partial charge is 0.245 e. The van der Waals surface area contributed by atoms with Crippen molar-refractivity contribution in [2.45, 2.75) is 20.4 Å². The lowest BCUT2D eigenvalue weighted by molar-refractivity contribution is 0.379. The molecule has 0 spiro atoms. The van der Waals surface area contributed by atoms with Gasteiger partial charge in [0.1, 0.15) is 5.75 Å². The molecule has 0 radical (unpaired) electrons. The molecule has 0 saturated heterocycles. The Balaban J connectivity index is 2.15. The molecule has 1 heterocycles. The van der Waals surface area contributed by atoms with Crippen LogP contribution < -0.4 is 10.1 Å². The molecule has 0 amide bonds. The third-order valence-corrected chi connectivity index (χ3v) is 2.89. The average Bonchev–Trinajstić information content (AvgIpc) is 2.76. The zero-order valence-electron chi connectivity index (χ0n) is 10.5. The largest absolute Gasteiger partial charge is 0.495 e. The van der Waals surface area contributed by atoms with E-state index >= 15 is 0 Å². The summed E-state index contributed by atoms with van der Waals surface area (Å²) in [4.78, 5) is 4.11. The van der Waals surface area contributed by atoms with Gasteiger partial charge in [-0.15, -0.1) is 0 Å². The minimum absolute atomic E-state index is 0.443. The van der Waals surface area contributed by atoms with Crippen LogP contribution in [0.3, 0.4) is 0 Å². The van der Waals surface area contributed by atoms with E-state index < -0.39 is 0 Å². The number of halogens is 1. The molecule has 0 fully saturated rings. The zero-order valence-corrected chi connectivity index (χ0v) is 11.2. The summed E-state index contributed by atoms with van der Waals surface area (Å²) in [6.07, 6.45) is 0. The van der Waals surface area contributed by atoms with Crippen LogP contribution in [0.2, 0.25) is 5.02 Å². The second-order valence-corrected chi connectivity index (χ2v) is 4.30. The third kappa shape index (κ3) is 2.73. The van der Waals surface area contributed by atoms with Gasteiger partial charge in [0.15, 0.2) is 5.82 Å². The number of methoxy groups -OCH3 is 1. The zero-order chi connectivity index (χ0) is 13.1. The van der Waals surface area contributed by atoms with Gasteiger partial charge in [0.25, 0.3) is 0 Å². The third-order valence-electron chi connectivity index (χ3n) is 2.48. The Hall–Kier alpha value is -1.75. The van der Waals surface area contributed by atoms with E-state index in [0.717, 1.165) is 11.3 Å². The monoisotopic (exact) mass is 267 g/mol. The van der Waals surface area contributed by atoms with Crippen molar-refractivity contribution in [3.8, 4) is 5.75 Å². The number of nitrogens with zero attached hydrogens (tertiary/aromatic N) is 2. The van der Waals surface area contributed by atoms with Gasteiger partial charge in [-0.1, -0.05) is 16.8 Å². The van der Waals surface area contributed by atoms with E-state index in [-0.39, 0.29) is 0 Å². The molecular weight excluding hydrogens is 254 g/mol. The highest BCUT2D eigenvalue weighted by Gasteiger charge is 2.08. The first kappa shape index (κ1) is 12.7. The average molecular weight is 268 g/mol. The van der Waals surface area contributed by atoms with E-state index in [1.807, 2.05) is 13.0 Å². The Labute approximate surface area is 110 Å². The predicted octanol–water partition coefficient (Wildman–Crippen LogP) is 2.96. The number of rotatable bonds is 4. The molecule has 1 N–H and O–H groups in total. The molecule has 2 rings (SSSR count). The van der Waals surface area contributed by atoms with Crippen molar-refractivity contribution in [3.05, 3.63) is 34.4 Å². The highest BCUT2D eigenvalue weighted by atomic mass is 35.5. The van der Waals surface area contributed by atoms with Crippen LogP contribution in [0.25, 0.3) is 0 Å². The van der Waals surface area contributed by atoms with Crippen molar-refractivity contribution >= 4 is 17.3 Å². The van der Waals surface area contributed by atoms with Crippen molar-refractivity contribution in [1.82, 2.24) is 10.1 Å². The van der Waals surface area contributed by atoms with Gasteiger partial charge in [-0.05, 0) is 25.5 Å². The summed E-state index contributed by atoms with van der Waals surface area (Å²) < 4.78 is 10.3. The number of hydrogen-bond donors (Lipinski definition) is 1. The van der Waals surface area contributed by atoms with Gasteiger partial charge in [0.05, 0.1) is 19.3 Å². The summed E-state index contributed by atoms with van der Waals surface area (Å²) in [5.41, 5.74) is 1.82. The molecule has 0 unspecified atom stereocenters. The van der Waals surface area contributed by atoms with Gasteiger partial charge in [-0.2, -0.15) is 4.98 Å². The molecule has 2 aromatic rings. The number of benzene rings is 1. The van der Waals surface area contributed by atoms with Crippen LogP contribution in [-0.2, 0) is 6.54 Å². The topological polar surface area (TPSA) is 60.2 Å². The predicted molar refractivity (Wildman–Crippen MR) is 69.1 cm³/mol. The van der Waals surface area contributed by atoms with E-state index in [1.54, 1.807) is 20.1 Å². The van der Waals surface area contributed by atoms with Gasteiger partial charge < -0.3 is 14.6 Å². The van der Waals surface area contributed by atoms with Crippen molar-refractivity contribution in [2.75, 3.05) is 12.4 Å². The van der Waals surface area contributed by atoms with Crippen LogP contribution in [0.5, 0.6) is 5.75 Å². The molecule has 0 bridgehead atoms. The van der Waals surface area contributed by atoms with Crippen molar-refractivity contribution in [2.24, 2.45) is 0 Å². The summed E-state index contributed by atoms with van der Waals surface area (Å²) >= 11 is 6.04. The SMILES string of the molecule is COc1cc(Cl)c(C)cc1NCc1nc(C)no1. The molecule has 96 valence electrons. The molecule has 0 aliphatic rings. The van der Waals surface area contributed by atoms with Crippen molar-refractivity contribution < 1.29 is 9.26 Å². The summed E-state index contributed by atoms with van der Waals surface area (Å²) in [7, 11) is 1.60. The van der Waals surface area contributed by atoms with E-state index in [1.165, 1.54) is 0 Å². The molecule has 1 aromatic heterocycles. The number of ether oxygens (including phenoxy) is 1. The number of hydrogen-bond acceptors (Lipinski definition) is 5. The molecule has 1 aromatic carbocycles. The fourth-order valence-electron chi connectivity index (χ4n) is 1.55. The normalized spacial score (nSPS) is 10.4. The van der Waals surface area contributed by atoms with E-state index in [2.05, 4.69) is 15.5 Å². The Morgan fingerprint density at radius 3 is 2.78 bits per heavy atom. The van der Waals surface area contributed by atoms with E-state index in [9.17, 15) is 0 Å². The van der Waals surface area contributed by atoms with Gasteiger partial charge in [0, 0.05) is 11.1 Å². The first-order valence-corrected chi connectivity index (χ1v) is 5.85. The molecule has 0 aliphatic carbocycles. The number of nitrogens with one attached hydrogen (secondary N) is 1. The Morgan fingerprint density at radius 2 is 2.17 bits per heavy atom. The lowest BCUT2D eigenvalue weighted by atomic mass is 10.2. The molecule has 5 nitrogen and oxygen atoms in total. The Morgan fingerprint density at radius 1 is 1.39 bits per heavy atom. The van der Waals surface area contributed by atoms with Gasteiger partial charge in [0.2, 0.25) is 5.89 Å². The standard InChI is InChI=1S/C12H14ClN3O2/c1-7-4-10(11(17-3)5-9(7)13)14-6-12-15-8(2)16-18-12/h4-5,14H,6H2,1-3H3. The number of aryl methyl sites for hydroxylation is 2. The van der Waals surface area contributed by atoms with Crippen LogP contribution >= 0.6 is 11.6 Å². The fraction of sp³-hybridized carbons (Fsp3) is 0.333. The van der Waals surface area contributed by atoms with Crippen molar-refractivity contribution in [1.29, 1.82) is 0 Å².